The third kappa shape index (κ3) is 5.26. The normalized spacial score (nSPS) is 10.7. The van der Waals surface area contributed by atoms with E-state index in [1.54, 1.807) is 19.1 Å². The van der Waals surface area contributed by atoms with Crippen molar-refractivity contribution >= 4 is 11.4 Å². The number of hydrogen-bond acceptors (Lipinski definition) is 4. The van der Waals surface area contributed by atoms with Crippen LogP contribution in [0.5, 0.6) is 0 Å². The van der Waals surface area contributed by atoms with Crippen LogP contribution in [0.3, 0.4) is 0 Å². The second-order valence-electron chi connectivity index (χ2n) is 4.98. The van der Waals surface area contributed by atoms with Gasteiger partial charge in [0.2, 0.25) is 0 Å². The van der Waals surface area contributed by atoms with E-state index in [4.69, 9.17) is 4.74 Å². The zero-order valence-corrected chi connectivity index (χ0v) is 11.8. The van der Waals surface area contributed by atoms with Crippen LogP contribution < -0.4 is 5.32 Å². The molecule has 1 rings (SSSR count). The molecule has 0 atom stereocenters. The smallest absolute Gasteiger partial charge is 0.295 e. The zero-order chi connectivity index (χ0) is 14.3. The number of hydrogen-bond donors (Lipinski definition) is 1. The van der Waals surface area contributed by atoms with Gasteiger partial charge in [0.15, 0.2) is 0 Å². The molecule has 1 aromatic carbocycles. The Kier molecular flexibility index (Phi) is 6.29. The lowest BCUT2D eigenvalue weighted by atomic mass is 10.1. The molecule has 5 heteroatoms. The third-order valence-electron chi connectivity index (χ3n) is 2.65. The molecule has 0 unspecified atom stereocenters. The van der Waals surface area contributed by atoms with Crippen molar-refractivity contribution in [3.05, 3.63) is 33.9 Å². The molecule has 0 spiro atoms. The number of nitrogens with zero attached hydrogens (tertiary/aromatic N) is 1. The van der Waals surface area contributed by atoms with Crippen molar-refractivity contribution in [2.24, 2.45) is 5.92 Å². The number of anilines is 1. The van der Waals surface area contributed by atoms with Crippen LogP contribution in [0.1, 0.15) is 25.8 Å². The second-order valence-corrected chi connectivity index (χ2v) is 4.98. The summed E-state index contributed by atoms with van der Waals surface area (Å²) < 4.78 is 5.46. The molecule has 0 saturated carbocycles. The van der Waals surface area contributed by atoms with E-state index >= 15 is 0 Å². The van der Waals surface area contributed by atoms with Crippen LogP contribution in [0.2, 0.25) is 0 Å². The predicted octanol–water partition coefficient (Wildman–Crippen LogP) is 3.38. The molecule has 0 heterocycles. The standard InChI is InChI=1S/C14H22N2O3/c1-11(2)10-19-9-5-8-15-13-7-4-6-12(3)14(13)16(17)18/h4,6-7,11,15H,5,8-10H2,1-3H3. The van der Waals surface area contributed by atoms with Crippen LogP contribution in [0.15, 0.2) is 18.2 Å². The van der Waals surface area contributed by atoms with Crippen LogP contribution in [-0.4, -0.2) is 24.7 Å². The predicted molar refractivity (Wildman–Crippen MR) is 76.6 cm³/mol. The Hall–Kier alpha value is -1.62. The average Bonchev–Trinajstić information content (AvgIpc) is 2.32. The largest absolute Gasteiger partial charge is 0.381 e. The molecule has 0 saturated heterocycles. The van der Waals surface area contributed by atoms with Crippen molar-refractivity contribution in [2.45, 2.75) is 27.2 Å². The zero-order valence-electron chi connectivity index (χ0n) is 11.8. The topological polar surface area (TPSA) is 64.4 Å². The van der Waals surface area contributed by atoms with E-state index in [1.165, 1.54) is 0 Å². The highest BCUT2D eigenvalue weighted by atomic mass is 16.6. The summed E-state index contributed by atoms with van der Waals surface area (Å²) in [6.07, 6.45) is 0.831. The minimum absolute atomic E-state index is 0.158. The van der Waals surface area contributed by atoms with E-state index in [9.17, 15) is 10.1 Å². The SMILES string of the molecule is Cc1cccc(NCCCOCC(C)C)c1[N+](=O)[O-]. The molecule has 0 aliphatic heterocycles. The van der Waals surface area contributed by atoms with Gasteiger partial charge < -0.3 is 10.1 Å². The van der Waals surface area contributed by atoms with Crippen LogP contribution >= 0.6 is 0 Å². The van der Waals surface area contributed by atoms with E-state index in [1.807, 2.05) is 6.07 Å². The van der Waals surface area contributed by atoms with Gasteiger partial charge in [0.25, 0.3) is 5.69 Å². The molecule has 0 aromatic heterocycles. The lowest BCUT2D eigenvalue weighted by molar-refractivity contribution is -0.384. The first kappa shape index (κ1) is 15.4. The summed E-state index contributed by atoms with van der Waals surface area (Å²) in [6.45, 7) is 8.05. The van der Waals surface area contributed by atoms with Crippen molar-refractivity contribution in [2.75, 3.05) is 25.1 Å². The fourth-order valence-electron chi connectivity index (χ4n) is 1.76. The molecule has 0 fully saturated rings. The first-order valence-corrected chi connectivity index (χ1v) is 6.58. The second kappa shape index (κ2) is 7.74. The summed E-state index contributed by atoms with van der Waals surface area (Å²) in [6, 6.07) is 5.30. The number of rotatable bonds is 8. The quantitative estimate of drug-likeness (QED) is 0.445. The molecule has 1 N–H and O–H groups in total. The number of aryl methyl sites for hydroxylation is 1. The molecular weight excluding hydrogens is 244 g/mol. The summed E-state index contributed by atoms with van der Waals surface area (Å²) in [5.41, 5.74) is 1.41. The minimum atomic E-state index is -0.340. The Bertz CT molecular complexity index is 419. The summed E-state index contributed by atoms with van der Waals surface area (Å²) in [5.74, 6) is 0.533. The van der Waals surface area contributed by atoms with Gasteiger partial charge in [0, 0.05) is 25.3 Å². The molecule has 0 aliphatic rings. The van der Waals surface area contributed by atoms with Crippen molar-refractivity contribution in [3.63, 3.8) is 0 Å². The lowest BCUT2D eigenvalue weighted by Crippen LogP contribution is -2.09. The third-order valence-corrected chi connectivity index (χ3v) is 2.65. The monoisotopic (exact) mass is 266 g/mol. The Morgan fingerprint density at radius 2 is 2.16 bits per heavy atom. The maximum absolute atomic E-state index is 11.0. The number of benzene rings is 1. The first-order valence-electron chi connectivity index (χ1n) is 6.58. The maximum atomic E-state index is 11.0. The van der Waals surface area contributed by atoms with Crippen molar-refractivity contribution < 1.29 is 9.66 Å². The van der Waals surface area contributed by atoms with Crippen LogP contribution in [0.25, 0.3) is 0 Å². The summed E-state index contributed by atoms with van der Waals surface area (Å²) in [7, 11) is 0. The van der Waals surface area contributed by atoms with Gasteiger partial charge in [-0.15, -0.1) is 0 Å². The van der Waals surface area contributed by atoms with Crippen molar-refractivity contribution in [1.29, 1.82) is 0 Å². The molecule has 106 valence electrons. The number of ether oxygens (including phenoxy) is 1. The maximum Gasteiger partial charge on any atom is 0.295 e. The van der Waals surface area contributed by atoms with E-state index < -0.39 is 0 Å². The Balaban J connectivity index is 2.41. The molecule has 5 nitrogen and oxygen atoms in total. The fraction of sp³-hybridized carbons (Fsp3) is 0.571. The van der Waals surface area contributed by atoms with E-state index in [0.717, 1.165) is 13.0 Å². The number of nitrogens with one attached hydrogen (secondary N) is 1. The summed E-state index contributed by atoms with van der Waals surface area (Å²) in [5, 5.41) is 14.1. The highest BCUT2D eigenvalue weighted by Gasteiger charge is 2.15. The van der Waals surface area contributed by atoms with Gasteiger partial charge in [0.05, 0.1) is 4.92 Å². The highest BCUT2D eigenvalue weighted by molar-refractivity contribution is 5.64. The fourth-order valence-corrected chi connectivity index (χ4v) is 1.76. The molecule has 0 bridgehead atoms. The van der Waals surface area contributed by atoms with Crippen LogP contribution in [0, 0.1) is 23.0 Å². The minimum Gasteiger partial charge on any atom is -0.381 e. The van der Waals surface area contributed by atoms with Crippen molar-refractivity contribution in [1.82, 2.24) is 0 Å². The van der Waals surface area contributed by atoms with E-state index in [0.29, 0.717) is 30.3 Å². The molecule has 1 aromatic rings. The summed E-state index contributed by atoms with van der Waals surface area (Å²) >= 11 is 0. The molecule has 0 aliphatic carbocycles. The highest BCUT2D eigenvalue weighted by Crippen LogP contribution is 2.27. The van der Waals surface area contributed by atoms with E-state index in [-0.39, 0.29) is 10.6 Å². The Morgan fingerprint density at radius 1 is 1.42 bits per heavy atom. The van der Waals surface area contributed by atoms with E-state index in [2.05, 4.69) is 19.2 Å². The first-order chi connectivity index (χ1) is 9.02. The van der Waals surface area contributed by atoms with Gasteiger partial charge in [0.1, 0.15) is 5.69 Å². The Morgan fingerprint density at radius 3 is 2.79 bits per heavy atom. The lowest BCUT2D eigenvalue weighted by Gasteiger charge is -2.09. The molecule has 0 radical (unpaired) electrons. The average molecular weight is 266 g/mol. The van der Waals surface area contributed by atoms with Gasteiger partial charge in [-0.05, 0) is 25.3 Å². The van der Waals surface area contributed by atoms with Gasteiger partial charge in [-0.2, -0.15) is 0 Å². The number of para-hydroxylation sites is 1. The van der Waals surface area contributed by atoms with Crippen LogP contribution in [-0.2, 0) is 4.74 Å². The molecule has 0 amide bonds. The molecule has 19 heavy (non-hydrogen) atoms. The van der Waals surface area contributed by atoms with Gasteiger partial charge in [-0.25, -0.2) is 0 Å². The Labute approximate surface area is 114 Å². The number of nitro groups is 1. The van der Waals surface area contributed by atoms with Crippen LogP contribution in [0.4, 0.5) is 11.4 Å². The summed E-state index contributed by atoms with van der Waals surface area (Å²) in [4.78, 5) is 10.7. The number of nitro benzene ring substituents is 1. The van der Waals surface area contributed by atoms with Crippen molar-refractivity contribution in [3.8, 4) is 0 Å². The van der Waals surface area contributed by atoms with Gasteiger partial charge in [-0.1, -0.05) is 26.0 Å². The van der Waals surface area contributed by atoms with Gasteiger partial charge in [-0.3, -0.25) is 10.1 Å². The van der Waals surface area contributed by atoms with Gasteiger partial charge >= 0.3 is 0 Å². The molecular formula is C14H22N2O3.